The van der Waals surface area contributed by atoms with Crippen LogP contribution in [0.3, 0.4) is 0 Å². The Morgan fingerprint density at radius 2 is 1.39 bits per heavy atom. The van der Waals surface area contributed by atoms with E-state index in [2.05, 4.69) is 5.32 Å². The van der Waals surface area contributed by atoms with E-state index in [4.69, 9.17) is 12.2 Å². The van der Waals surface area contributed by atoms with Crippen molar-refractivity contribution in [2.45, 2.75) is 0 Å². The second kappa shape index (κ2) is 8.03. The van der Waals surface area contributed by atoms with Crippen LogP contribution >= 0.6 is 12.2 Å². The molecule has 4 rings (SSSR count). The molecule has 0 atom stereocenters. The highest BCUT2D eigenvalue weighted by atomic mass is 32.1. The summed E-state index contributed by atoms with van der Waals surface area (Å²) in [5, 5.41) is 18.7. The molecule has 0 radical (unpaired) electrons. The number of pyridine rings is 1. The van der Waals surface area contributed by atoms with Crippen LogP contribution in [0.15, 0.2) is 103 Å². The number of nitrogens with one attached hydrogen (secondary N) is 1. The lowest BCUT2D eigenvalue weighted by Crippen LogP contribution is -2.39. The van der Waals surface area contributed by atoms with Crippen molar-refractivity contribution in [3.63, 3.8) is 0 Å². The Labute approximate surface area is 169 Å². The molecule has 0 fully saturated rings. The summed E-state index contributed by atoms with van der Waals surface area (Å²) in [6.07, 6.45) is 3.65. The summed E-state index contributed by atoms with van der Waals surface area (Å²) in [7, 11) is 0. The van der Waals surface area contributed by atoms with Gasteiger partial charge in [-0.3, -0.25) is 0 Å². The SMILES string of the molecule is [O-]/C(=C(\C(=S)Nc1ccccc1)[n+]1ccccc1)c1ccc2ccccc2c1. The maximum Gasteiger partial charge on any atom is 0.238 e. The van der Waals surface area contributed by atoms with Crippen molar-refractivity contribution in [3.8, 4) is 0 Å². The van der Waals surface area contributed by atoms with Crippen LogP contribution in [0.25, 0.3) is 22.2 Å². The second-order valence-corrected chi connectivity index (χ2v) is 6.75. The van der Waals surface area contributed by atoms with E-state index in [1.165, 1.54) is 0 Å². The van der Waals surface area contributed by atoms with Gasteiger partial charge in [0.25, 0.3) is 0 Å². The minimum absolute atomic E-state index is 0.129. The van der Waals surface area contributed by atoms with Crippen LogP contribution in [0.4, 0.5) is 5.69 Å². The lowest BCUT2D eigenvalue weighted by molar-refractivity contribution is -0.577. The molecular weight excluding hydrogens is 364 g/mol. The van der Waals surface area contributed by atoms with E-state index in [1.54, 1.807) is 4.57 Å². The Kier molecular flexibility index (Phi) is 5.13. The molecule has 1 heterocycles. The van der Waals surface area contributed by atoms with Gasteiger partial charge in [-0.05, 0) is 40.3 Å². The molecule has 136 valence electrons. The van der Waals surface area contributed by atoms with Gasteiger partial charge in [0.15, 0.2) is 17.4 Å². The summed E-state index contributed by atoms with van der Waals surface area (Å²) in [6, 6.07) is 29.0. The van der Waals surface area contributed by atoms with Crippen molar-refractivity contribution in [3.05, 3.63) is 109 Å². The first-order chi connectivity index (χ1) is 13.7. The maximum absolute atomic E-state index is 13.4. The van der Waals surface area contributed by atoms with Gasteiger partial charge < -0.3 is 10.4 Å². The Balaban J connectivity index is 1.82. The lowest BCUT2D eigenvalue weighted by Gasteiger charge is -2.17. The zero-order valence-corrected chi connectivity index (χ0v) is 15.9. The van der Waals surface area contributed by atoms with E-state index >= 15 is 0 Å². The molecule has 4 aromatic rings. The molecule has 0 bridgehead atoms. The van der Waals surface area contributed by atoms with Crippen LogP contribution in [0.5, 0.6) is 0 Å². The molecular formula is C24H18N2OS. The molecule has 0 saturated heterocycles. The topological polar surface area (TPSA) is 39.0 Å². The van der Waals surface area contributed by atoms with Gasteiger partial charge in [0.2, 0.25) is 5.70 Å². The van der Waals surface area contributed by atoms with Gasteiger partial charge in [0.05, 0.1) is 0 Å². The van der Waals surface area contributed by atoms with Gasteiger partial charge in [-0.1, -0.05) is 72.9 Å². The summed E-state index contributed by atoms with van der Waals surface area (Å²) < 4.78 is 1.76. The number of nitrogens with zero attached hydrogens (tertiary/aromatic N) is 1. The fraction of sp³-hybridized carbons (Fsp3) is 0. The van der Waals surface area contributed by atoms with Crippen molar-refractivity contribution in [2.24, 2.45) is 0 Å². The number of para-hydroxylation sites is 1. The van der Waals surface area contributed by atoms with E-state index < -0.39 is 0 Å². The first-order valence-corrected chi connectivity index (χ1v) is 9.37. The quantitative estimate of drug-likeness (QED) is 0.248. The van der Waals surface area contributed by atoms with Crippen LogP contribution in [0.1, 0.15) is 5.56 Å². The zero-order chi connectivity index (χ0) is 19.3. The summed E-state index contributed by atoms with van der Waals surface area (Å²) in [6.45, 7) is 0. The minimum atomic E-state index is -0.129. The molecule has 4 heteroatoms. The Bertz CT molecular complexity index is 1150. The van der Waals surface area contributed by atoms with E-state index in [0.717, 1.165) is 16.5 Å². The molecule has 0 saturated carbocycles. The Morgan fingerprint density at radius 3 is 2.14 bits per heavy atom. The minimum Gasteiger partial charge on any atom is -0.867 e. The van der Waals surface area contributed by atoms with Crippen LogP contribution < -0.4 is 15.0 Å². The van der Waals surface area contributed by atoms with Crippen molar-refractivity contribution >= 4 is 45.1 Å². The van der Waals surface area contributed by atoms with E-state index in [-0.39, 0.29) is 5.76 Å². The smallest absolute Gasteiger partial charge is 0.238 e. The third-order valence-corrected chi connectivity index (χ3v) is 4.74. The molecule has 0 aliphatic heterocycles. The van der Waals surface area contributed by atoms with E-state index in [0.29, 0.717) is 16.2 Å². The Morgan fingerprint density at radius 1 is 0.750 bits per heavy atom. The fourth-order valence-electron chi connectivity index (χ4n) is 3.06. The van der Waals surface area contributed by atoms with Crippen molar-refractivity contribution in [1.82, 2.24) is 0 Å². The highest BCUT2D eigenvalue weighted by molar-refractivity contribution is 7.81. The molecule has 0 aliphatic rings. The fourth-order valence-corrected chi connectivity index (χ4v) is 3.38. The number of rotatable bonds is 4. The number of hydrogen-bond donors (Lipinski definition) is 1. The van der Waals surface area contributed by atoms with Crippen LogP contribution in [0, 0.1) is 0 Å². The van der Waals surface area contributed by atoms with Crippen molar-refractivity contribution < 1.29 is 9.67 Å². The third-order valence-electron chi connectivity index (χ3n) is 4.45. The standard InChI is InChI=1S/C24H18N2OS/c27-23(20-14-13-18-9-5-6-10-19(18)17-20)22(26-15-7-2-8-16-26)24(28)25-21-11-3-1-4-12-21/h1-17H,(H-,25,27,28). The van der Waals surface area contributed by atoms with Crippen molar-refractivity contribution in [1.29, 1.82) is 0 Å². The van der Waals surface area contributed by atoms with Crippen LogP contribution in [-0.4, -0.2) is 4.99 Å². The molecule has 1 aromatic heterocycles. The van der Waals surface area contributed by atoms with Gasteiger partial charge in [0.1, 0.15) is 0 Å². The monoisotopic (exact) mass is 382 g/mol. The molecule has 3 aromatic carbocycles. The van der Waals surface area contributed by atoms with E-state index in [9.17, 15) is 5.11 Å². The first-order valence-electron chi connectivity index (χ1n) is 8.96. The average molecular weight is 382 g/mol. The van der Waals surface area contributed by atoms with Gasteiger partial charge >= 0.3 is 0 Å². The first kappa shape index (κ1) is 17.9. The molecule has 0 unspecified atom stereocenters. The molecule has 0 spiro atoms. The highest BCUT2D eigenvalue weighted by Gasteiger charge is 2.18. The van der Waals surface area contributed by atoms with Crippen LogP contribution in [-0.2, 0) is 0 Å². The van der Waals surface area contributed by atoms with Gasteiger partial charge in [-0.15, -0.1) is 0 Å². The summed E-state index contributed by atoms with van der Waals surface area (Å²) in [5.41, 5.74) is 1.85. The molecule has 3 nitrogen and oxygen atoms in total. The predicted molar refractivity (Wildman–Crippen MR) is 116 cm³/mol. The largest absolute Gasteiger partial charge is 0.867 e. The summed E-state index contributed by atoms with van der Waals surface area (Å²) >= 11 is 5.62. The molecule has 28 heavy (non-hydrogen) atoms. The van der Waals surface area contributed by atoms with Crippen LogP contribution in [0.2, 0.25) is 0 Å². The lowest BCUT2D eigenvalue weighted by atomic mass is 10.0. The number of thiocarbonyl (C=S) groups is 1. The van der Waals surface area contributed by atoms with Crippen molar-refractivity contribution in [2.75, 3.05) is 5.32 Å². The predicted octanol–water partition coefficient (Wildman–Crippen LogP) is 4.25. The number of anilines is 1. The maximum atomic E-state index is 13.4. The normalized spacial score (nSPS) is 11.7. The average Bonchev–Trinajstić information content (AvgIpc) is 2.75. The number of benzene rings is 3. The zero-order valence-electron chi connectivity index (χ0n) is 15.1. The summed E-state index contributed by atoms with van der Waals surface area (Å²) in [5.74, 6) is -0.129. The second-order valence-electron chi connectivity index (χ2n) is 6.34. The highest BCUT2D eigenvalue weighted by Crippen LogP contribution is 2.22. The molecule has 1 N–H and O–H groups in total. The third kappa shape index (κ3) is 3.77. The Hall–Kier alpha value is -3.50. The molecule has 0 aliphatic carbocycles. The van der Waals surface area contributed by atoms with Gasteiger partial charge in [-0.25, -0.2) is 0 Å². The number of hydrogen-bond acceptors (Lipinski definition) is 2. The van der Waals surface area contributed by atoms with Gasteiger partial charge in [-0.2, -0.15) is 4.57 Å². The van der Waals surface area contributed by atoms with E-state index in [1.807, 2.05) is 103 Å². The molecule has 0 amide bonds. The number of aromatic nitrogens is 1. The van der Waals surface area contributed by atoms with Gasteiger partial charge in [0, 0.05) is 17.8 Å². The number of fused-ring (bicyclic) bond motifs is 1. The summed E-state index contributed by atoms with van der Waals surface area (Å²) in [4.78, 5) is 0.376.